The maximum Gasteiger partial charge on any atom is 0.408 e. The minimum absolute atomic E-state index is 0.428. The van der Waals surface area contributed by atoms with E-state index in [9.17, 15) is 9.59 Å². The summed E-state index contributed by atoms with van der Waals surface area (Å²) in [6, 6.07) is -0.00430. The van der Waals surface area contributed by atoms with Crippen molar-refractivity contribution in [3.05, 3.63) is 0 Å². The van der Waals surface area contributed by atoms with E-state index in [1.54, 1.807) is 20.8 Å². The highest BCUT2D eigenvalue weighted by Crippen LogP contribution is 2.14. The molecule has 1 atom stereocenters. The van der Waals surface area contributed by atoms with E-state index in [0.717, 1.165) is 0 Å². The number of methoxy groups -OCH3 is 1. The van der Waals surface area contributed by atoms with Crippen molar-refractivity contribution in [1.29, 1.82) is 0 Å². The van der Waals surface area contributed by atoms with E-state index in [1.165, 1.54) is 7.11 Å². The van der Waals surface area contributed by atoms with Crippen molar-refractivity contribution in [2.24, 2.45) is 0 Å². The molecule has 0 unspecified atom stereocenters. The van der Waals surface area contributed by atoms with E-state index < -0.39 is 31.8 Å². The fourth-order valence-corrected chi connectivity index (χ4v) is 2.89. The van der Waals surface area contributed by atoms with Gasteiger partial charge in [-0.3, -0.25) is 0 Å². The van der Waals surface area contributed by atoms with Crippen LogP contribution in [0.5, 0.6) is 0 Å². The first-order valence-electron chi connectivity index (χ1n) is 6.02. The molecule has 0 aromatic heterocycles. The molecule has 0 aliphatic heterocycles. The summed E-state index contributed by atoms with van der Waals surface area (Å²) >= 11 is 0. The predicted molar refractivity (Wildman–Crippen MR) is 73.3 cm³/mol. The molecule has 0 saturated heterocycles. The zero-order valence-electron chi connectivity index (χ0n) is 12.4. The minimum Gasteiger partial charge on any atom is -0.467 e. The van der Waals surface area contributed by atoms with Gasteiger partial charge in [-0.1, -0.05) is 19.6 Å². The van der Waals surface area contributed by atoms with Gasteiger partial charge in [-0.15, -0.1) is 0 Å². The van der Waals surface area contributed by atoms with E-state index in [1.807, 2.05) is 0 Å². The van der Waals surface area contributed by atoms with Gasteiger partial charge < -0.3 is 14.8 Å². The third kappa shape index (κ3) is 8.11. The fourth-order valence-electron chi connectivity index (χ4n) is 1.40. The molecule has 0 rings (SSSR count). The van der Waals surface area contributed by atoms with Crippen LogP contribution in [0.15, 0.2) is 0 Å². The highest BCUT2D eigenvalue weighted by Gasteiger charge is 2.29. The van der Waals surface area contributed by atoms with Gasteiger partial charge in [-0.05, 0) is 26.8 Å². The van der Waals surface area contributed by atoms with Crippen molar-refractivity contribution in [2.75, 3.05) is 7.11 Å². The molecule has 0 aromatic carbocycles. The number of carbonyl (C=O) groups excluding carboxylic acids is 2. The first-order chi connectivity index (χ1) is 7.94. The van der Waals surface area contributed by atoms with E-state index in [-0.39, 0.29) is 0 Å². The summed E-state index contributed by atoms with van der Waals surface area (Å²) in [6.45, 7) is 11.7. The van der Waals surface area contributed by atoms with Gasteiger partial charge in [0.25, 0.3) is 0 Å². The molecule has 1 N–H and O–H groups in total. The number of amides is 1. The number of esters is 1. The minimum atomic E-state index is -1.50. The van der Waals surface area contributed by atoms with Crippen LogP contribution < -0.4 is 5.32 Å². The van der Waals surface area contributed by atoms with Crippen molar-refractivity contribution in [3.63, 3.8) is 0 Å². The molecule has 106 valence electrons. The van der Waals surface area contributed by atoms with Gasteiger partial charge in [0, 0.05) is 8.07 Å². The maximum absolute atomic E-state index is 11.6. The van der Waals surface area contributed by atoms with Gasteiger partial charge >= 0.3 is 12.1 Å². The number of hydrogen-bond donors (Lipinski definition) is 1. The van der Waals surface area contributed by atoms with Crippen LogP contribution in [0.4, 0.5) is 4.79 Å². The third-order valence-corrected chi connectivity index (χ3v) is 3.63. The smallest absolute Gasteiger partial charge is 0.408 e. The molecule has 0 fully saturated rings. The topological polar surface area (TPSA) is 64.6 Å². The van der Waals surface area contributed by atoms with Crippen LogP contribution >= 0.6 is 0 Å². The van der Waals surface area contributed by atoms with Gasteiger partial charge in [-0.25, -0.2) is 9.59 Å². The van der Waals surface area contributed by atoms with Crippen LogP contribution in [-0.2, 0) is 14.3 Å². The molecular formula is C12H25NO4Si. The van der Waals surface area contributed by atoms with E-state index in [0.29, 0.717) is 6.04 Å². The highest BCUT2D eigenvalue weighted by molar-refractivity contribution is 6.76. The van der Waals surface area contributed by atoms with Crippen LogP contribution in [0.3, 0.4) is 0 Å². The molecule has 0 aliphatic rings. The Morgan fingerprint density at radius 3 is 2.06 bits per heavy atom. The average Bonchev–Trinajstić information content (AvgIpc) is 2.10. The van der Waals surface area contributed by atoms with E-state index >= 15 is 0 Å². The van der Waals surface area contributed by atoms with Crippen molar-refractivity contribution < 1.29 is 19.1 Å². The molecule has 5 nitrogen and oxygen atoms in total. The second-order valence-electron chi connectivity index (χ2n) is 6.49. The molecule has 6 heteroatoms. The lowest BCUT2D eigenvalue weighted by Crippen LogP contribution is -2.47. The molecular weight excluding hydrogens is 250 g/mol. The van der Waals surface area contributed by atoms with E-state index in [2.05, 4.69) is 25.0 Å². The molecule has 0 heterocycles. The molecule has 1 amide bonds. The highest BCUT2D eigenvalue weighted by atomic mass is 28.3. The van der Waals surface area contributed by atoms with Crippen LogP contribution in [0, 0.1) is 0 Å². The molecule has 0 radical (unpaired) electrons. The Labute approximate surface area is 110 Å². The molecule has 0 spiro atoms. The number of ether oxygens (including phenoxy) is 2. The van der Waals surface area contributed by atoms with Gasteiger partial charge in [0.15, 0.2) is 0 Å². The SMILES string of the molecule is COC(=O)[C@@H](C[Si](C)(C)C)NC(=O)OC(C)(C)C. The second kappa shape index (κ2) is 6.22. The second-order valence-corrected chi connectivity index (χ2v) is 12.0. The Morgan fingerprint density at radius 2 is 1.72 bits per heavy atom. The van der Waals surface area contributed by atoms with Crippen LogP contribution in [0.25, 0.3) is 0 Å². The summed E-state index contributed by atoms with van der Waals surface area (Å²) in [5.41, 5.74) is -0.579. The van der Waals surface area contributed by atoms with E-state index in [4.69, 9.17) is 9.47 Å². The Hall–Kier alpha value is -1.04. The molecule has 0 aliphatic carbocycles. The molecule has 18 heavy (non-hydrogen) atoms. The zero-order chi connectivity index (χ0) is 14.6. The Kier molecular flexibility index (Phi) is 5.86. The quantitative estimate of drug-likeness (QED) is 0.632. The first-order valence-corrected chi connectivity index (χ1v) is 9.73. The summed E-state index contributed by atoms with van der Waals surface area (Å²) < 4.78 is 9.84. The van der Waals surface area contributed by atoms with Crippen LogP contribution in [0.2, 0.25) is 25.7 Å². The molecule has 0 bridgehead atoms. The zero-order valence-corrected chi connectivity index (χ0v) is 13.4. The number of hydrogen-bond acceptors (Lipinski definition) is 4. The third-order valence-electron chi connectivity index (χ3n) is 1.99. The summed E-state index contributed by atoms with van der Waals surface area (Å²) in [6.07, 6.45) is -0.587. The summed E-state index contributed by atoms with van der Waals surface area (Å²) in [5.74, 6) is -0.428. The van der Waals surface area contributed by atoms with Crippen molar-refractivity contribution >= 4 is 20.1 Å². The van der Waals surface area contributed by atoms with Gasteiger partial charge in [-0.2, -0.15) is 0 Å². The number of alkyl carbamates (subject to hydrolysis) is 1. The van der Waals surface area contributed by atoms with Gasteiger partial charge in [0.1, 0.15) is 11.6 Å². The maximum atomic E-state index is 11.6. The van der Waals surface area contributed by atoms with Gasteiger partial charge in [0.05, 0.1) is 7.11 Å². The fraction of sp³-hybridized carbons (Fsp3) is 0.833. The number of carbonyl (C=O) groups is 2. The first kappa shape index (κ1) is 17.0. The molecule has 0 saturated carbocycles. The lowest BCUT2D eigenvalue weighted by molar-refractivity contribution is -0.142. The normalized spacial score (nSPS) is 13.7. The Bertz CT molecular complexity index is 304. The number of nitrogens with one attached hydrogen (secondary N) is 1. The summed E-state index contributed by atoms with van der Waals surface area (Å²) in [7, 11) is -0.180. The van der Waals surface area contributed by atoms with Crippen LogP contribution in [0.1, 0.15) is 20.8 Å². The summed E-state index contributed by atoms with van der Waals surface area (Å²) in [4.78, 5) is 23.3. The Morgan fingerprint density at radius 1 is 1.22 bits per heavy atom. The average molecular weight is 275 g/mol. The standard InChI is InChI=1S/C12H25NO4Si/c1-12(2,3)17-11(15)13-9(10(14)16-4)8-18(5,6)7/h9H,8H2,1-7H3,(H,13,15)/t9-/m1/s1. The van der Waals surface area contributed by atoms with Crippen molar-refractivity contribution in [3.8, 4) is 0 Å². The largest absolute Gasteiger partial charge is 0.467 e. The van der Waals surface area contributed by atoms with Crippen molar-refractivity contribution in [1.82, 2.24) is 5.32 Å². The number of rotatable bonds is 4. The Balaban J connectivity index is 4.61. The van der Waals surface area contributed by atoms with Crippen LogP contribution in [-0.4, -0.2) is 38.9 Å². The molecule has 0 aromatic rings. The lowest BCUT2D eigenvalue weighted by atomic mass is 10.2. The van der Waals surface area contributed by atoms with Crippen molar-refractivity contribution in [2.45, 2.75) is 58.1 Å². The monoisotopic (exact) mass is 275 g/mol. The predicted octanol–water partition coefficient (Wildman–Crippen LogP) is 2.39. The summed E-state index contributed by atoms with van der Waals surface area (Å²) in [5, 5.41) is 2.58. The lowest BCUT2D eigenvalue weighted by Gasteiger charge is -2.25. The van der Waals surface area contributed by atoms with Gasteiger partial charge in [0.2, 0.25) is 0 Å².